The van der Waals surface area contributed by atoms with Crippen molar-refractivity contribution in [2.24, 2.45) is 5.41 Å². The van der Waals surface area contributed by atoms with E-state index in [1.165, 1.54) is 17.6 Å². The molecule has 1 aliphatic rings. The van der Waals surface area contributed by atoms with Gasteiger partial charge in [-0.15, -0.1) is 0 Å². The molecular weight excluding hydrogens is 176 g/mol. The molecule has 0 atom stereocenters. The van der Waals surface area contributed by atoms with E-state index in [1.807, 2.05) is 0 Å². The third-order valence-electron chi connectivity index (χ3n) is 3.31. The fraction of sp³-hybridized carbons (Fsp3) is 0.833. The van der Waals surface area contributed by atoms with E-state index in [4.69, 9.17) is 5.11 Å². The van der Waals surface area contributed by atoms with Gasteiger partial charge in [-0.1, -0.05) is 19.4 Å². The molecule has 0 amide bonds. The fourth-order valence-corrected chi connectivity index (χ4v) is 2.08. The van der Waals surface area contributed by atoms with Crippen LogP contribution in [0.5, 0.6) is 0 Å². The quantitative estimate of drug-likeness (QED) is 0.683. The van der Waals surface area contributed by atoms with Gasteiger partial charge in [-0.2, -0.15) is 0 Å². The van der Waals surface area contributed by atoms with E-state index in [2.05, 4.69) is 13.8 Å². The molecule has 1 aliphatic carbocycles. The smallest absolute Gasteiger partial charge is 0.0644 e. The van der Waals surface area contributed by atoms with Gasteiger partial charge in [-0.3, -0.25) is 0 Å². The Morgan fingerprint density at radius 3 is 2.14 bits per heavy atom. The van der Waals surface area contributed by atoms with Crippen molar-refractivity contribution in [3.63, 3.8) is 0 Å². The van der Waals surface area contributed by atoms with E-state index in [9.17, 15) is 5.11 Å². The number of hydrogen-bond acceptors (Lipinski definition) is 2. The third kappa shape index (κ3) is 3.10. The summed E-state index contributed by atoms with van der Waals surface area (Å²) >= 11 is 0. The van der Waals surface area contributed by atoms with E-state index < -0.39 is 0 Å². The molecule has 0 radical (unpaired) electrons. The van der Waals surface area contributed by atoms with Crippen LogP contribution in [0.3, 0.4) is 0 Å². The normalized spacial score (nSPS) is 22.3. The van der Waals surface area contributed by atoms with Crippen LogP contribution < -0.4 is 0 Å². The maximum atomic E-state index is 9.24. The molecule has 0 fully saturated rings. The Morgan fingerprint density at radius 2 is 1.64 bits per heavy atom. The van der Waals surface area contributed by atoms with Crippen LogP contribution in [0.4, 0.5) is 0 Å². The average Bonchev–Trinajstić information content (AvgIpc) is 2.27. The SMILES string of the molecule is CC1(C)CCC(CO)=C(CCO)CC1. The van der Waals surface area contributed by atoms with Crippen molar-refractivity contribution in [1.29, 1.82) is 0 Å². The monoisotopic (exact) mass is 198 g/mol. The summed E-state index contributed by atoms with van der Waals surface area (Å²) in [6.45, 7) is 4.94. The van der Waals surface area contributed by atoms with Gasteiger partial charge in [-0.05, 0) is 43.1 Å². The van der Waals surface area contributed by atoms with Crippen LogP contribution >= 0.6 is 0 Å². The molecule has 2 N–H and O–H groups in total. The summed E-state index contributed by atoms with van der Waals surface area (Å²) in [6.07, 6.45) is 5.11. The third-order valence-corrected chi connectivity index (χ3v) is 3.31. The molecule has 0 aliphatic heterocycles. The number of aliphatic hydroxyl groups is 2. The van der Waals surface area contributed by atoms with Crippen LogP contribution in [0.25, 0.3) is 0 Å². The van der Waals surface area contributed by atoms with Crippen LogP contribution in [0.1, 0.15) is 46.0 Å². The van der Waals surface area contributed by atoms with Crippen LogP contribution in [0.15, 0.2) is 11.1 Å². The van der Waals surface area contributed by atoms with Crippen LogP contribution in [0, 0.1) is 5.41 Å². The minimum Gasteiger partial charge on any atom is -0.396 e. The van der Waals surface area contributed by atoms with E-state index >= 15 is 0 Å². The lowest BCUT2D eigenvalue weighted by atomic mass is 9.84. The summed E-state index contributed by atoms with van der Waals surface area (Å²) < 4.78 is 0. The Morgan fingerprint density at radius 1 is 1.07 bits per heavy atom. The number of hydrogen-bond donors (Lipinski definition) is 2. The predicted octanol–water partition coefficient (Wildman–Crippen LogP) is 2.26. The van der Waals surface area contributed by atoms with Crippen molar-refractivity contribution in [2.45, 2.75) is 46.0 Å². The molecule has 2 heteroatoms. The van der Waals surface area contributed by atoms with E-state index in [-0.39, 0.29) is 13.2 Å². The van der Waals surface area contributed by atoms with Crippen molar-refractivity contribution in [2.75, 3.05) is 13.2 Å². The highest BCUT2D eigenvalue weighted by atomic mass is 16.3. The summed E-state index contributed by atoms with van der Waals surface area (Å²) in [6, 6.07) is 0. The van der Waals surface area contributed by atoms with Crippen molar-refractivity contribution < 1.29 is 10.2 Å². The highest BCUT2D eigenvalue weighted by Crippen LogP contribution is 2.37. The Balaban J connectivity index is 2.70. The molecule has 0 aromatic carbocycles. The van der Waals surface area contributed by atoms with Crippen molar-refractivity contribution >= 4 is 0 Å². The van der Waals surface area contributed by atoms with E-state index in [1.54, 1.807) is 0 Å². The maximum Gasteiger partial charge on any atom is 0.0644 e. The second-order valence-corrected chi connectivity index (χ2v) is 5.00. The van der Waals surface area contributed by atoms with Gasteiger partial charge < -0.3 is 10.2 Å². The first-order chi connectivity index (χ1) is 6.59. The molecule has 0 saturated heterocycles. The highest BCUT2D eigenvalue weighted by Gasteiger charge is 2.23. The lowest BCUT2D eigenvalue weighted by molar-refractivity contribution is 0.292. The first-order valence-corrected chi connectivity index (χ1v) is 5.50. The van der Waals surface area contributed by atoms with Crippen LogP contribution in [-0.4, -0.2) is 23.4 Å². The molecule has 0 heterocycles. The molecular formula is C12H22O2. The van der Waals surface area contributed by atoms with Gasteiger partial charge in [0.25, 0.3) is 0 Å². The molecule has 0 aromatic rings. The molecule has 82 valence electrons. The zero-order chi connectivity index (χ0) is 10.6. The van der Waals surface area contributed by atoms with Crippen molar-refractivity contribution in [1.82, 2.24) is 0 Å². The van der Waals surface area contributed by atoms with Gasteiger partial charge in [0.15, 0.2) is 0 Å². The lowest BCUT2D eigenvalue weighted by Gasteiger charge is -2.21. The molecule has 0 aromatic heterocycles. The molecule has 1 rings (SSSR count). The molecule has 14 heavy (non-hydrogen) atoms. The fourth-order valence-electron chi connectivity index (χ4n) is 2.08. The van der Waals surface area contributed by atoms with Gasteiger partial charge in [0.1, 0.15) is 0 Å². The Labute approximate surface area is 86.6 Å². The van der Waals surface area contributed by atoms with Gasteiger partial charge in [0.05, 0.1) is 6.61 Å². The second-order valence-electron chi connectivity index (χ2n) is 5.00. The molecule has 0 bridgehead atoms. The Bertz CT molecular complexity index is 216. The van der Waals surface area contributed by atoms with Crippen molar-refractivity contribution in [3.05, 3.63) is 11.1 Å². The van der Waals surface area contributed by atoms with Crippen molar-refractivity contribution in [3.8, 4) is 0 Å². The average molecular weight is 198 g/mol. The molecule has 0 saturated carbocycles. The highest BCUT2D eigenvalue weighted by molar-refractivity contribution is 5.17. The standard InChI is InChI=1S/C12H22O2/c1-12(2)6-3-10(5-8-13)11(9-14)4-7-12/h13-14H,3-9H2,1-2H3. The maximum absolute atomic E-state index is 9.24. The minimum atomic E-state index is 0.172. The Hall–Kier alpha value is -0.340. The summed E-state index contributed by atoms with van der Waals surface area (Å²) in [4.78, 5) is 0. The van der Waals surface area contributed by atoms with E-state index in [0.29, 0.717) is 5.41 Å². The van der Waals surface area contributed by atoms with Gasteiger partial charge in [0, 0.05) is 6.61 Å². The van der Waals surface area contributed by atoms with Gasteiger partial charge in [0.2, 0.25) is 0 Å². The largest absolute Gasteiger partial charge is 0.396 e. The lowest BCUT2D eigenvalue weighted by Crippen LogP contribution is -2.09. The number of rotatable bonds is 3. The molecule has 2 nitrogen and oxygen atoms in total. The topological polar surface area (TPSA) is 40.5 Å². The Kier molecular flexibility index (Phi) is 4.14. The minimum absolute atomic E-state index is 0.172. The molecule has 0 unspecified atom stereocenters. The summed E-state index contributed by atoms with van der Waals surface area (Å²) in [5, 5.41) is 18.2. The van der Waals surface area contributed by atoms with E-state index in [0.717, 1.165) is 25.7 Å². The molecule has 0 spiro atoms. The zero-order valence-corrected chi connectivity index (χ0v) is 9.34. The first kappa shape index (κ1) is 11.7. The predicted molar refractivity (Wildman–Crippen MR) is 58.1 cm³/mol. The van der Waals surface area contributed by atoms with Crippen LogP contribution in [-0.2, 0) is 0 Å². The van der Waals surface area contributed by atoms with Crippen LogP contribution in [0.2, 0.25) is 0 Å². The second kappa shape index (κ2) is 4.94. The van der Waals surface area contributed by atoms with Gasteiger partial charge in [-0.25, -0.2) is 0 Å². The summed E-state index contributed by atoms with van der Waals surface area (Å²) in [7, 11) is 0. The summed E-state index contributed by atoms with van der Waals surface area (Å²) in [5.41, 5.74) is 2.85. The zero-order valence-electron chi connectivity index (χ0n) is 9.34. The number of aliphatic hydroxyl groups excluding tert-OH is 2. The summed E-state index contributed by atoms with van der Waals surface area (Å²) in [5.74, 6) is 0. The first-order valence-electron chi connectivity index (χ1n) is 5.50. The van der Waals surface area contributed by atoms with Gasteiger partial charge >= 0.3 is 0 Å².